The maximum atomic E-state index is 13.2. The van der Waals surface area contributed by atoms with Crippen molar-refractivity contribution >= 4 is 58.0 Å². The van der Waals surface area contributed by atoms with Crippen LogP contribution in [-0.2, 0) is 0 Å². The summed E-state index contributed by atoms with van der Waals surface area (Å²) < 4.78 is 13.2. The highest BCUT2D eigenvalue weighted by Crippen LogP contribution is 2.49. The number of halogens is 6. The first-order valence-corrected chi connectivity index (χ1v) is 6.60. The molecule has 2 nitrogen and oxygen atoms in total. The van der Waals surface area contributed by atoms with Gasteiger partial charge in [0.25, 0.3) is 0 Å². The molecule has 1 aromatic carbocycles. The van der Waals surface area contributed by atoms with Crippen molar-refractivity contribution in [2.45, 2.75) is 0 Å². The van der Waals surface area contributed by atoms with Crippen molar-refractivity contribution < 1.29 is 9.50 Å². The zero-order chi connectivity index (χ0) is 14.3. The topological polar surface area (TPSA) is 33.1 Å². The number of hydrogen-bond acceptors (Lipinski definition) is 2. The van der Waals surface area contributed by atoms with E-state index in [0.717, 1.165) is 12.3 Å². The molecule has 1 heterocycles. The third-order valence-corrected chi connectivity index (χ3v) is 4.61. The molecule has 8 heteroatoms. The average molecular weight is 361 g/mol. The number of benzene rings is 1. The van der Waals surface area contributed by atoms with Gasteiger partial charge >= 0.3 is 0 Å². The Morgan fingerprint density at radius 2 is 1.37 bits per heavy atom. The molecule has 2 aromatic rings. The average Bonchev–Trinajstić information content (AvgIpc) is 2.38. The Labute approximate surface area is 132 Å². The van der Waals surface area contributed by atoms with Crippen LogP contribution in [0.2, 0.25) is 25.1 Å². The van der Waals surface area contributed by atoms with Gasteiger partial charge in [0.1, 0.15) is 5.75 Å². The summed E-state index contributed by atoms with van der Waals surface area (Å²) in [5.41, 5.74) is 0.101. The normalized spacial score (nSPS) is 10.8. The fourth-order valence-electron chi connectivity index (χ4n) is 1.46. The van der Waals surface area contributed by atoms with E-state index in [2.05, 4.69) is 4.98 Å². The van der Waals surface area contributed by atoms with Gasteiger partial charge in [-0.25, -0.2) is 4.98 Å². The zero-order valence-electron chi connectivity index (χ0n) is 8.82. The van der Waals surface area contributed by atoms with Crippen LogP contribution in [0.3, 0.4) is 0 Å². The summed E-state index contributed by atoms with van der Waals surface area (Å²) in [4.78, 5) is 3.29. The monoisotopic (exact) mass is 359 g/mol. The fourth-order valence-corrected chi connectivity index (χ4v) is 2.81. The van der Waals surface area contributed by atoms with Crippen LogP contribution in [0, 0.1) is 5.95 Å². The van der Waals surface area contributed by atoms with Crippen molar-refractivity contribution in [3.8, 4) is 16.9 Å². The lowest BCUT2D eigenvalue weighted by molar-refractivity contribution is 0.469. The molecule has 0 aliphatic carbocycles. The second-order valence-electron chi connectivity index (χ2n) is 3.47. The van der Waals surface area contributed by atoms with Crippen molar-refractivity contribution in [3.63, 3.8) is 0 Å². The van der Waals surface area contributed by atoms with Gasteiger partial charge < -0.3 is 5.11 Å². The van der Waals surface area contributed by atoms with Crippen molar-refractivity contribution in [3.05, 3.63) is 43.3 Å². The summed E-state index contributed by atoms with van der Waals surface area (Å²) in [6.07, 6.45) is 0.924. The minimum atomic E-state index is -0.817. The fraction of sp³-hybridized carbons (Fsp3) is 0. The largest absolute Gasteiger partial charge is 0.506 e. The van der Waals surface area contributed by atoms with Gasteiger partial charge in [-0.3, -0.25) is 0 Å². The number of hydrogen-bond donors (Lipinski definition) is 1. The zero-order valence-corrected chi connectivity index (χ0v) is 12.6. The lowest BCUT2D eigenvalue weighted by Gasteiger charge is -2.13. The molecule has 0 fully saturated rings. The predicted molar refractivity (Wildman–Crippen MR) is 76.3 cm³/mol. The van der Waals surface area contributed by atoms with Crippen LogP contribution in [0.15, 0.2) is 12.3 Å². The molecular formula is C11H3Cl5FNO. The minimum absolute atomic E-state index is 0.0166. The predicted octanol–water partition coefficient (Wildman–Crippen LogP) is 5.86. The Kier molecular flexibility index (Phi) is 4.33. The highest BCUT2D eigenvalue weighted by molar-refractivity contribution is 6.56. The van der Waals surface area contributed by atoms with E-state index in [0.29, 0.717) is 0 Å². The molecule has 0 amide bonds. The van der Waals surface area contributed by atoms with E-state index in [1.165, 1.54) is 0 Å². The van der Waals surface area contributed by atoms with E-state index in [1.54, 1.807) is 0 Å². The molecule has 19 heavy (non-hydrogen) atoms. The van der Waals surface area contributed by atoms with E-state index in [1.807, 2.05) is 0 Å². The van der Waals surface area contributed by atoms with Crippen LogP contribution in [-0.4, -0.2) is 10.1 Å². The lowest BCUT2D eigenvalue weighted by Crippen LogP contribution is -1.90. The molecule has 100 valence electrons. The molecule has 0 saturated heterocycles. The van der Waals surface area contributed by atoms with Crippen LogP contribution >= 0.6 is 58.0 Å². The Bertz CT molecular complexity index is 648. The summed E-state index contributed by atoms with van der Waals surface area (Å²) in [5.74, 6) is -1.14. The number of nitrogens with zero attached hydrogens (tertiary/aromatic N) is 1. The first-order chi connectivity index (χ1) is 8.84. The maximum Gasteiger partial charge on any atom is 0.213 e. The second-order valence-corrected chi connectivity index (χ2v) is 5.36. The standard InChI is InChI=1S/C11H3Cl5FNO/c12-7-6(3-1-5(17)18-2-4(3)19)8(13)10(15)11(16)9(7)14/h1-2,19H. The quantitative estimate of drug-likeness (QED) is 0.392. The number of aromatic hydroxyl groups is 1. The number of pyridine rings is 1. The number of rotatable bonds is 1. The maximum absolute atomic E-state index is 13.2. The molecule has 0 radical (unpaired) electrons. The number of aromatic nitrogens is 1. The van der Waals surface area contributed by atoms with Crippen molar-refractivity contribution in [2.24, 2.45) is 0 Å². The van der Waals surface area contributed by atoms with Crippen LogP contribution in [0.5, 0.6) is 5.75 Å². The van der Waals surface area contributed by atoms with E-state index >= 15 is 0 Å². The Hall–Kier alpha value is -0.450. The molecule has 1 aromatic heterocycles. The van der Waals surface area contributed by atoms with E-state index in [9.17, 15) is 9.50 Å². The van der Waals surface area contributed by atoms with Crippen LogP contribution in [0.1, 0.15) is 0 Å². The molecule has 0 saturated carbocycles. The van der Waals surface area contributed by atoms with E-state index in [-0.39, 0.29) is 42.0 Å². The van der Waals surface area contributed by atoms with E-state index < -0.39 is 5.95 Å². The lowest BCUT2D eigenvalue weighted by atomic mass is 10.1. The molecular weight excluding hydrogens is 358 g/mol. The van der Waals surface area contributed by atoms with Gasteiger partial charge in [0.05, 0.1) is 31.3 Å². The van der Waals surface area contributed by atoms with Gasteiger partial charge in [0.2, 0.25) is 5.95 Å². The van der Waals surface area contributed by atoms with Crippen molar-refractivity contribution in [1.29, 1.82) is 0 Å². The van der Waals surface area contributed by atoms with E-state index in [4.69, 9.17) is 58.0 Å². The summed E-state index contributed by atoms with van der Waals surface area (Å²) in [5, 5.41) is 9.55. The van der Waals surface area contributed by atoms with Crippen LogP contribution in [0.4, 0.5) is 4.39 Å². The molecule has 1 N–H and O–H groups in total. The van der Waals surface area contributed by atoms with Gasteiger partial charge in [0, 0.05) is 17.2 Å². The summed E-state index contributed by atoms with van der Waals surface area (Å²) in [6.45, 7) is 0. The van der Waals surface area contributed by atoms with Gasteiger partial charge in [-0.05, 0) is 0 Å². The second kappa shape index (κ2) is 5.51. The third kappa shape index (κ3) is 2.58. The summed E-state index contributed by atoms with van der Waals surface area (Å²) in [7, 11) is 0. The molecule has 0 aliphatic rings. The highest BCUT2D eigenvalue weighted by atomic mass is 35.5. The molecule has 0 aliphatic heterocycles. The molecule has 0 unspecified atom stereocenters. The van der Waals surface area contributed by atoms with Crippen LogP contribution < -0.4 is 0 Å². The smallest absolute Gasteiger partial charge is 0.213 e. The Morgan fingerprint density at radius 3 is 1.89 bits per heavy atom. The van der Waals surface area contributed by atoms with Crippen molar-refractivity contribution in [2.75, 3.05) is 0 Å². The first-order valence-electron chi connectivity index (χ1n) is 4.71. The van der Waals surface area contributed by atoms with Gasteiger partial charge in [0.15, 0.2) is 0 Å². The third-order valence-electron chi connectivity index (χ3n) is 2.33. The van der Waals surface area contributed by atoms with Crippen LogP contribution in [0.25, 0.3) is 11.1 Å². The molecule has 2 rings (SSSR count). The van der Waals surface area contributed by atoms with Gasteiger partial charge in [-0.15, -0.1) is 0 Å². The molecule has 0 atom stereocenters. The first kappa shape index (κ1) is 14.9. The summed E-state index contributed by atoms with van der Waals surface area (Å²) >= 11 is 29.7. The van der Waals surface area contributed by atoms with Crippen molar-refractivity contribution in [1.82, 2.24) is 4.98 Å². The molecule has 0 spiro atoms. The molecule has 0 bridgehead atoms. The SMILES string of the molecule is Oc1cnc(F)cc1-c1c(Cl)c(Cl)c(Cl)c(Cl)c1Cl. The Morgan fingerprint density at radius 1 is 0.895 bits per heavy atom. The summed E-state index contributed by atoms with van der Waals surface area (Å²) in [6, 6.07) is 0.961. The van der Waals surface area contributed by atoms with Gasteiger partial charge in [-0.2, -0.15) is 4.39 Å². The Balaban J connectivity index is 2.87. The minimum Gasteiger partial charge on any atom is -0.506 e. The van der Waals surface area contributed by atoms with Gasteiger partial charge in [-0.1, -0.05) is 58.0 Å². The highest BCUT2D eigenvalue weighted by Gasteiger charge is 2.22.